The van der Waals surface area contributed by atoms with Crippen molar-refractivity contribution < 1.29 is 9.53 Å². The number of rotatable bonds is 2. The summed E-state index contributed by atoms with van der Waals surface area (Å²) in [4.78, 5) is 12.1. The minimum absolute atomic E-state index is 0.0369. The molecule has 0 aromatic rings. The van der Waals surface area contributed by atoms with Crippen LogP contribution >= 0.6 is 0 Å². The van der Waals surface area contributed by atoms with Crippen LogP contribution in [0.4, 0.5) is 0 Å². The zero-order chi connectivity index (χ0) is 12.5. The molecular weight excluding hydrogens is 212 g/mol. The number of allylic oxidation sites excluding steroid dienone is 3. The Balaban J connectivity index is 1.98. The van der Waals surface area contributed by atoms with E-state index >= 15 is 0 Å². The van der Waals surface area contributed by atoms with E-state index in [0.29, 0.717) is 11.8 Å². The maximum atomic E-state index is 12.1. The van der Waals surface area contributed by atoms with Crippen LogP contribution < -0.4 is 0 Å². The summed E-state index contributed by atoms with van der Waals surface area (Å²) in [6.45, 7) is 7.15. The number of esters is 1. The van der Waals surface area contributed by atoms with Crippen molar-refractivity contribution in [2.24, 2.45) is 17.8 Å². The molecule has 0 aromatic carbocycles. The molecule has 2 aliphatic carbocycles. The van der Waals surface area contributed by atoms with Crippen LogP contribution in [0.3, 0.4) is 0 Å². The summed E-state index contributed by atoms with van der Waals surface area (Å²) in [6.07, 6.45) is 7.93. The van der Waals surface area contributed by atoms with E-state index < -0.39 is 5.60 Å². The van der Waals surface area contributed by atoms with Crippen LogP contribution in [0.25, 0.3) is 0 Å². The van der Waals surface area contributed by atoms with Gasteiger partial charge < -0.3 is 4.74 Å². The highest BCUT2D eigenvalue weighted by Crippen LogP contribution is 2.44. The molecule has 2 aliphatic rings. The minimum atomic E-state index is -0.725. The second-order valence-corrected chi connectivity index (χ2v) is 5.29. The fourth-order valence-electron chi connectivity index (χ4n) is 2.63. The Morgan fingerprint density at radius 1 is 1.47 bits per heavy atom. The monoisotopic (exact) mass is 230 g/mol. The number of ether oxygens (including phenoxy) is 1. The smallest absolute Gasteiger partial charge is 0.311 e. The maximum Gasteiger partial charge on any atom is 0.311 e. The summed E-state index contributed by atoms with van der Waals surface area (Å²) in [5.41, 5.74) is -0.725. The number of carbonyl (C=O) groups excluding carboxylic acids is 1. The van der Waals surface area contributed by atoms with Gasteiger partial charge in [0.05, 0.1) is 5.92 Å². The van der Waals surface area contributed by atoms with Gasteiger partial charge >= 0.3 is 5.97 Å². The van der Waals surface area contributed by atoms with E-state index in [2.05, 4.69) is 30.6 Å². The van der Waals surface area contributed by atoms with Gasteiger partial charge in [-0.3, -0.25) is 4.79 Å². The molecule has 2 rings (SSSR count). The molecule has 1 saturated carbocycles. The summed E-state index contributed by atoms with van der Waals surface area (Å²) < 4.78 is 5.48. The molecule has 2 heteroatoms. The van der Waals surface area contributed by atoms with Crippen molar-refractivity contribution in [3.63, 3.8) is 0 Å². The van der Waals surface area contributed by atoms with Crippen LogP contribution in [0.5, 0.6) is 0 Å². The molecular formula is C15H18O2. The van der Waals surface area contributed by atoms with E-state index in [9.17, 15) is 4.79 Å². The first kappa shape index (κ1) is 12.0. The summed E-state index contributed by atoms with van der Waals surface area (Å²) in [5.74, 6) is 6.52. The molecule has 0 amide bonds. The third-order valence-corrected chi connectivity index (χ3v) is 3.41. The van der Waals surface area contributed by atoms with Crippen molar-refractivity contribution >= 4 is 5.97 Å². The van der Waals surface area contributed by atoms with Crippen molar-refractivity contribution in [2.75, 3.05) is 0 Å². The summed E-state index contributed by atoms with van der Waals surface area (Å²) in [7, 11) is 0. The van der Waals surface area contributed by atoms with Gasteiger partial charge in [-0.2, -0.15) is 0 Å². The van der Waals surface area contributed by atoms with E-state index in [1.807, 2.05) is 13.8 Å². The average Bonchev–Trinajstić information content (AvgIpc) is 2.87. The molecule has 90 valence electrons. The molecule has 3 atom stereocenters. The van der Waals surface area contributed by atoms with Gasteiger partial charge in [0.25, 0.3) is 0 Å². The molecule has 0 heterocycles. The van der Waals surface area contributed by atoms with Crippen LogP contribution in [0, 0.1) is 29.6 Å². The zero-order valence-electron chi connectivity index (χ0n) is 10.4. The number of hydrogen-bond acceptors (Lipinski definition) is 2. The lowest BCUT2D eigenvalue weighted by atomic mass is 9.93. The predicted molar refractivity (Wildman–Crippen MR) is 67.0 cm³/mol. The average molecular weight is 230 g/mol. The van der Waals surface area contributed by atoms with Crippen molar-refractivity contribution in [1.82, 2.24) is 0 Å². The Morgan fingerprint density at radius 3 is 2.76 bits per heavy atom. The van der Waals surface area contributed by atoms with Crippen LogP contribution in [-0.2, 0) is 9.53 Å². The zero-order valence-corrected chi connectivity index (χ0v) is 10.4. The highest BCUT2D eigenvalue weighted by molar-refractivity contribution is 5.74. The van der Waals surface area contributed by atoms with Crippen molar-refractivity contribution in [2.45, 2.75) is 32.3 Å². The van der Waals surface area contributed by atoms with Crippen molar-refractivity contribution in [3.8, 4) is 11.8 Å². The summed E-state index contributed by atoms with van der Waals surface area (Å²) >= 11 is 0. The van der Waals surface area contributed by atoms with Gasteiger partial charge in [-0.15, -0.1) is 0 Å². The van der Waals surface area contributed by atoms with E-state index in [0.717, 1.165) is 12.8 Å². The first-order valence-electron chi connectivity index (χ1n) is 6.06. The van der Waals surface area contributed by atoms with Crippen LogP contribution in [-0.4, -0.2) is 11.6 Å². The van der Waals surface area contributed by atoms with Gasteiger partial charge in [0.1, 0.15) is 0 Å². The lowest BCUT2D eigenvalue weighted by Crippen LogP contribution is -2.31. The number of carbonyl (C=O) groups is 1. The van der Waals surface area contributed by atoms with Gasteiger partial charge in [-0.05, 0) is 44.6 Å². The highest BCUT2D eigenvalue weighted by atomic mass is 16.6. The van der Waals surface area contributed by atoms with E-state index in [-0.39, 0.29) is 11.9 Å². The molecule has 2 nitrogen and oxygen atoms in total. The fraction of sp³-hybridized carbons (Fsp3) is 0.533. The molecule has 1 fully saturated rings. The van der Waals surface area contributed by atoms with Gasteiger partial charge in [0.2, 0.25) is 0 Å². The van der Waals surface area contributed by atoms with Crippen molar-refractivity contribution in [1.29, 1.82) is 0 Å². The molecule has 2 bridgehead atoms. The van der Waals surface area contributed by atoms with E-state index in [1.54, 1.807) is 0 Å². The van der Waals surface area contributed by atoms with Gasteiger partial charge in [0, 0.05) is 0 Å². The Kier molecular flexibility index (Phi) is 3.11. The van der Waals surface area contributed by atoms with Crippen LogP contribution in [0.2, 0.25) is 0 Å². The second kappa shape index (κ2) is 4.41. The molecule has 0 aliphatic heterocycles. The van der Waals surface area contributed by atoms with Gasteiger partial charge in [-0.1, -0.05) is 30.6 Å². The standard InChI is InChI=1S/C15H18O2/c1-4-5-8-15(2,3)17-14(16)13-10-11-6-7-12(13)9-11/h4,6-7,11-13H,1,9-10H2,2-3H3/t11-,12?,13-/m0/s1. The normalized spacial score (nSPS) is 29.6. The second-order valence-electron chi connectivity index (χ2n) is 5.29. The third-order valence-electron chi connectivity index (χ3n) is 3.41. The highest BCUT2D eigenvalue weighted by Gasteiger charge is 2.42. The molecule has 0 N–H and O–H groups in total. The van der Waals surface area contributed by atoms with Gasteiger partial charge in [-0.25, -0.2) is 0 Å². The lowest BCUT2D eigenvalue weighted by molar-refractivity contribution is -0.157. The number of fused-ring (bicyclic) bond motifs is 2. The number of hydrogen-bond donors (Lipinski definition) is 0. The largest absolute Gasteiger partial charge is 0.446 e. The third kappa shape index (κ3) is 2.61. The first-order valence-corrected chi connectivity index (χ1v) is 6.06. The predicted octanol–water partition coefficient (Wildman–Crippen LogP) is 2.71. The molecule has 0 spiro atoms. The Labute approximate surface area is 103 Å². The van der Waals surface area contributed by atoms with Crippen molar-refractivity contribution in [3.05, 3.63) is 24.8 Å². The maximum absolute atomic E-state index is 12.1. The van der Waals surface area contributed by atoms with E-state index in [1.165, 1.54) is 6.08 Å². The Hall–Kier alpha value is -1.49. The van der Waals surface area contributed by atoms with Gasteiger partial charge in [0.15, 0.2) is 5.60 Å². The quantitative estimate of drug-likeness (QED) is 0.414. The molecule has 0 aromatic heterocycles. The summed E-state index contributed by atoms with van der Waals surface area (Å²) in [5, 5.41) is 0. The summed E-state index contributed by atoms with van der Waals surface area (Å²) in [6, 6.07) is 0. The van der Waals surface area contributed by atoms with E-state index in [4.69, 9.17) is 4.74 Å². The lowest BCUT2D eigenvalue weighted by Gasteiger charge is -2.23. The fourth-order valence-corrected chi connectivity index (χ4v) is 2.63. The Bertz CT molecular complexity index is 420. The molecule has 0 saturated heterocycles. The topological polar surface area (TPSA) is 26.3 Å². The first-order chi connectivity index (χ1) is 8.02. The molecule has 17 heavy (non-hydrogen) atoms. The SMILES string of the molecule is C=CC#CC(C)(C)OC(=O)[C@H]1C[C@H]2C=CC1C2. The molecule has 0 radical (unpaired) electrons. The molecule has 1 unspecified atom stereocenters. The van der Waals surface area contributed by atoms with Crippen LogP contribution in [0.1, 0.15) is 26.7 Å². The van der Waals surface area contributed by atoms with Crippen LogP contribution in [0.15, 0.2) is 24.8 Å². The Morgan fingerprint density at radius 2 is 2.24 bits per heavy atom. The minimum Gasteiger partial charge on any atom is -0.446 e.